The molecule has 1 heterocycles. The molecule has 2 aliphatic rings. The number of hydrogen-bond donors (Lipinski definition) is 0. The van der Waals surface area contributed by atoms with E-state index in [2.05, 4.69) is 0 Å². The van der Waals surface area contributed by atoms with Gasteiger partial charge >= 0.3 is 5.97 Å². The van der Waals surface area contributed by atoms with Crippen LogP contribution in [-0.2, 0) is 9.53 Å². The highest BCUT2D eigenvalue weighted by molar-refractivity contribution is 6.18. The van der Waals surface area contributed by atoms with Gasteiger partial charge in [0.2, 0.25) is 0 Å². The maximum Gasteiger partial charge on any atom is 0.320 e. The Morgan fingerprint density at radius 2 is 2.23 bits per heavy atom. The van der Waals surface area contributed by atoms with Gasteiger partial charge in [-0.25, -0.2) is 0 Å². The minimum Gasteiger partial charge on any atom is -0.460 e. The molecule has 0 saturated carbocycles. The van der Waals surface area contributed by atoms with Crippen LogP contribution in [0.5, 0.6) is 0 Å². The van der Waals surface area contributed by atoms with Gasteiger partial charge in [-0.05, 0) is 6.42 Å². The summed E-state index contributed by atoms with van der Waals surface area (Å²) in [7, 11) is 0. The summed E-state index contributed by atoms with van der Waals surface area (Å²) in [5, 5.41) is 0. The van der Waals surface area contributed by atoms with Gasteiger partial charge in [0.05, 0.1) is 5.88 Å². The van der Waals surface area contributed by atoms with Crippen molar-refractivity contribution in [3.8, 4) is 0 Å². The van der Waals surface area contributed by atoms with Crippen LogP contribution in [0.3, 0.4) is 0 Å². The fourth-order valence-electron chi connectivity index (χ4n) is 1.81. The number of carbonyl (C=O) groups excluding carboxylic acids is 1. The number of halogens is 1. The molecule has 1 fully saturated rings. The lowest BCUT2D eigenvalue weighted by Crippen LogP contribution is -2.22. The Kier molecular flexibility index (Phi) is 2.16. The van der Waals surface area contributed by atoms with Gasteiger partial charge in [0.25, 0.3) is 0 Å². The minimum atomic E-state index is -0.502. The Labute approximate surface area is 82.2 Å². The first-order chi connectivity index (χ1) is 6.27. The highest BCUT2D eigenvalue weighted by Crippen LogP contribution is 2.39. The number of esters is 1. The van der Waals surface area contributed by atoms with Gasteiger partial charge in [-0.1, -0.05) is 24.3 Å². The number of ether oxygens (including phenoxy) is 1. The molecule has 1 aliphatic heterocycles. The van der Waals surface area contributed by atoms with Crippen molar-refractivity contribution >= 4 is 17.6 Å². The summed E-state index contributed by atoms with van der Waals surface area (Å²) in [4.78, 5) is 11.5. The van der Waals surface area contributed by atoms with Crippen molar-refractivity contribution in [3.05, 3.63) is 24.3 Å². The van der Waals surface area contributed by atoms with E-state index in [9.17, 15) is 4.79 Å². The summed E-state index contributed by atoms with van der Waals surface area (Å²) >= 11 is 5.65. The van der Waals surface area contributed by atoms with Crippen molar-refractivity contribution in [2.45, 2.75) is 18.9 Å². The standard InChI is InChI=1S/C10H11ClO2/c11-7-8-6-10(9(12)13-8)4-2-1-3-5-10/h2-5,8H,1,6-7H2. The van der Waals surface area contributed by atoms with Gasteiger partial charge < -0.3 is 4.74 Å². The second-order valence-electron chi connectivity index (χ2n) is 3.47. The van der Waals surface area contributed by atoms with Gasteiger partial charge in [-0.3, -0.25) is 4.79 Å². The van der Waals surface area contributed by atoms with Crippen LogP contribution in [0.4, 0.5) is 0 Å². The first kappa shape index (κ1) is 8.82. The van der Waals surface area contributed by atoms with Crippen LogP contribution in [0.2, 0.25) is 0 Å². The van der Waals surface area contributed by atoms with Crippen LogP contribution >= 0.6 is 11.6 Å². The van der Waals surface area contributed by atoms with Crippen LogP contribution in [0.1, 0.15) is 12.8 Å². The van der Waals surface area contributed by atoms with Crippen LogP contribution in [0.15, 0.2) is 24.3 Å². The average molecular weight is 199 g/mol. The molecule has 0 N–H and O–H groups in total. The van der Waals surface area contributed by atoms with E-state index in [-0.39, 0.29) is 12.1 Å². The van der Waals surface area contributed by atoms with Crippen molar-refractivity contribution < 1.29 is 9.53 Å². The predicted molar refractivity (Wildman–Crippen MR) is 50.5 cm³/mol. The maximum atomic E-state index is 11.5. The molecule has 1 unspecified atom stereocenters. The van der Waals surface area contributed by atoms with Crippen LogP contribution in [0.25, 0.3) is 0 Å². The maximum absolute atomic E-state index is 11.5. The lowest BCUT2D eigenvalue weighted by atomic mass is 9.81. The molecule has 1 aliphatic carbocycles. The molecule has 13 heavy (non-hydrogen) atoms. The molecule has 0 bridgehead atoms. The number of cyclic esters (lactones) is 1. The monoisotopic (exact) mass is 198 g/mol. The Morgan fingerprint density at radius 1 is 1.54 bits per heavy atom. The molecular weight excluding hydrogens is 188 g/mol. The number of alkyl halides is 1. The number of rotatable bonds is 1. The zero-order valence-corrected chi connectivity index (χ0v) is 7.96. The number of allylic oxidation sites excluding steroid dienone is 2. The summed E-state index contributed by atoms with van der Waals surface area (Å²) in [5.41, 5.74) is -0.502. The second kappa shape index (κ2) is 3.18. The Balaban J connectivity index is 2.23. The van der Waals surface area contributed by atoms with Crippen molar-refractivity contribution in [3.63, 3.8) is 0 Å². The third-order valence-corrected chi connectivity index (χ3v) is 2.84. The van der Waals surface area contributed by atoms with E-state index in [1.807, 2.05) is 24.3 Å². The molecule has 0 aromatic rings. The molecule has 70 valence electrons. The zero-order valence-electron chi connectivity index (χ0n) is 7.20. The molecular formula is C10H11ClO2. The van der Waals surface area contributed by atoms with E-state index in [1.54, 1.807) is 0 Å². The molecule has 2 nitrogen and oxygen atoms in total. The lowest BCUT2D eigenvalue weighted by Gasteiger charge is -2.17. The number of hydrogen-bond acceptors (Lipinski definition) is 2. The third-order valence-electron chi connectivity index (χ3n) is 2.49. The van der Waals surface area contributed by atoms with Crippen molar-refractivity contribution in [2.24, 2.45) is 5.41 Å². The summed E-state index contributed by atoms with van der Waals surface area (Å²) in [6.07, 6.45) is 9.32. The first-order valence-electron chi connectivity index (χ1n) is 4.39. The van der Waals surface area contributed by atoms with Crippen molar-refractivity contribution in [2.75, 3.05) is 5.88 Å². The largest absolute Gasteiger partial charge is 0.460 e. The summed E-state index contributed by atoms with van der Waals surface area (Å²) in [6.45, 7) is 0. The van der Waals surface area contributed by atoms with Crippen LogP contribution in [0, 0.1) is 5.41 Å². The zero-order chi connectivity index (χ0) is 9.31. The SMILES string of the molecule is O=C1OC(CCl)CC12C=CCC=C2. The van der Waals surface area contributed by atoms with Gasteiger partial charge in [0.1, 0.15) is 11.5 Å². The normalized spacial score (nSPS) is 29.6. The average Bonchev–Trinajstić information content (AvgIpc) is 2.45. The Bertz CT molecular complexity index is 269. The summed E-state index contributed by atoms with van der Waals surface area (Å²) < 4.78 is 5.13. The smallest absolute Gasteiger partial charge is 0.320 e. The molecule has 1 saturated heterocycles. The Morgan fingerprint density at radius 3 is 2.77 bits per heavy atom. The molecule has 0 aromatic heterocycles. The second-order valence-corrected chi connectivity index (χ2v) is 3.78. The molecule has 1 atom stereocenters. The molecule has 0 amide bonds. The highest BCUT2D eigenvalue weighted by Gasteiger charge is 2.45. The summed E-state index contributed by atoms with van der Waals surface area (Å²) in [6, 6.07) is 0. The fourth-order valence-corrected chi connectivity index (χ4v) is 1.98. The third kappa shape index (κ3) is 1.39. The molecule has 0 radical (unpaired) electrons. The minimum absolute atomic E-state index is 0.124. The van der Waals surface area contributed by atoms with Gasteiger partial charge in [-0.15, -0.1) is 11.6 Å². The van der Waals surface area contributed by atoms with E-state index in [1.165, 1.54) is 0 Å². The fraction of sp³-hybridized carbons (Fsp3) is 0.500. The summed E-state index contributed by atoms with van der Waals surface area (Å²) in [5.74, 6) is 0.222. The van der Waals surface area contributed by atoms with Crippen molar-refractivity contribution in [1.29, 1.82) is 0 Å². The van der Waals surface area contributed by atoms with E-state index < -0.39 is 5.41 Å². The first-order valence-corrected chi connectivity index (χ1v) is 4.93. The van der Waals surface area contributed by atoms with E-state index in [0.717, 1.165) is 6.42 Å². The van der Waals surface area contributed by atoms with Crippen LogP contribution in [-0.4, -0.2) is 18.0 Å². The van der Waals surface area contributed by atoms with Crippen molar-refractivity contribution in [1.82, 2.24) is 0 Å². The van der Waals surface area contributed by atoms with Gasteiger partial charge in [0, 0.05) is 6.42 Å². The topological polar surface area (TPSA) is 26.3 Å². The molecule has 3 heteroatoms. The molecule has 1 spiro atoms. The van der Waals surface area contributed by atoms with E-state index >= 15 is 0 Å². The van der Waals surface area contributed by atoms with E-state index in [4.69, 9.17) is 16.3 Å². The molecule has 0 aromatic carbocycles. The Hall–Kier alpha value is -0.760. The highest BCUT2D eigenvalue weighted by atomic mass is 35.5. The van der Waals surface area contributed by atoms with E-state index in [0.29, 0.717) is 12.3 Å². The molecule has 2 rings (SSSR count). The lowest BCUT2D eigenvalue weighted by molar-refractivity contribution is -0.144. The van der Waals surface area contributed by atoms with Gasteiger partial charge in [-0.2, -0.15) is 0 Å². The van der Waals surface area contributed by atoms with Crippen LogP contribution < -0.4 is 0 Å². The predicted octanol–water partition coefficient (Wildman–Crippen LogP) is 2.04. The quantitative estimate of drug-likeness (QED) is 0.366. The van der Waals surface area contributed by atoms with Gasteiger partial charge in [0.15, 0.2) is 0 Å². The number of carbonyl (C=O) groups is 1.